The second-order valence-electron chi connectivity index (χ2n) is 3.77. The van der Waals surface area contributed by atoms with Gasteiger partial charge in [0.05, 0.1) is 17.3 Å². The van der Waals surface area contributed by atoms with Crippen molar-refractivity contribution >= 4 is 9.84 Å². The van der Waals surface area contributed by atoms with Crippen molar-refractivity contribution in [3.63, 3.8) is 0 Å². The Balaban J connectivity index is 3.11. The molecule has 84 valence electrons. The van der Waals surface area contributed by atoms with Crippen LogP contribution >= 0.6 is 0 Å². The van der Waals surface area contributed by atoms with Crippen LogP contribution in [0, 0.1) is 0 Å². The zero-order chi connectivity index (χ0) is 11.5. The van der Waals surface area contributed by atoms with Crippen molar-refractivity contribution in [3.05, 3.63) is 29.8 Å². The number of benzene rings is 1. The molecule has 3 nitrogen and oxygen atoms in total. The molecular weight excluding hydrogens is 212 g/mol. The minimum atomic E-state index is -3.32. The van der Waals surface area contributed by atoms with Crippen molar-refractivity contribution in [2.45, 2.75) is 24.7 Å². The van der Waals surface area contributed by atoms with Crippen LogP contribution in [0.15, 0.2) is 29.2 Å². The first kappa shape index (κ1) is 12.2. The molecule has 0 heterocycles. The second kappa shape index (κ2) is 4.77. The van der Waals surface area contributed by atoms with Crippen molar-refractivity contribution in [3.8, 4) is 0 Å². The third-order valence-electron chi connectivity index (χ3n) is 2.24. The molecule has 0 bridgehead atoms. The highest BCUT2D eigenvalue weighted by Crippen LogP contribution is 2.19. The zero-order valence-electron chi connectivity index (χ0n) is 8.97. The van der Waals surface area contributed by atoms with Gasteiger partial charge in [-0.2, -0.15) is 0 Å². The van der Waals surface area contributed by atoms with Crippen LogP contribution in [0.25, 0.3) is 0 Å². The highest BCUT2D eigenvalue weighted by Gasteiger charge is 2.14. The summed E-state index contributed by atoms with van der Waals surface area (Å²) in [5.74, 6) is 0.0865. The monoisotopic (exact) mass is 228 g/mol. The molecule has 0 amide bonds. The van der Waals surface area contributed by atoms with E-state index in [0.717, 1.165) is 5.56 Å². The number of hydrogen-bond donors (Lipinski definition) is 1. The quantitative estimate of drug-likeness (QED) is 0.851. The third kappa shape index (κ3) is 3.04. The minimum Gasteiger partial charge on any atom is -0.395 e. The van der Waals surface area contributed by atoms with E-state index in [-0.39, 0.29) is 12.4 Å². The molecule has 4 heteroatoms. The molecule has 0 aromatic heterocycles. The first-order chi connectivity index (χ1) is 6.97. The second-order valence-corrected chi connectivity index (χ2v) is 5.88. The maximum Gasteiger partial charge on any atom is 0.180 e. The van der Waals surface area contributed by atoms with Crippen LogP contribution in [0.4, 0.5) is 0 Å². The highest BCUT2D eigenvalue weighted by molar-refractivity contribution is 7.91. The molecule has 0 spiro atoms. The zero-order valence-corrected chi connectivity index (χ0v) is 9.79. The van der Waals surface area contributed by atoms with E-state index in [4.69, 9.17) is 5.11 Å². The number of rotatable bonds is 4. The Morgan fingerprint density at radius 2 is 2.00 bits per heavy atom. The van der Waals surface area contributed by atoms with E-state index in [1.54, 1.807) is 18.2 Å². The molecule has 0 atom stereocenters. The van der Waals surface area contributed by atoms with Crippen molar-refractivity contribution < 1.29 is 13.5 Å². The number of aliphatic hydroxyl groups is 1. The van der Waals surface area contributed by atoms with Crippen LogP contribution in [0.2, 0.25) is 0 Å². The third-order valence-corrected chi connectivity index (χ3v) is 3.94. The van der Waals surface area contributed by atoms with E-state index >= 15 is 0 Å². The summed E-state index contributed by atoms with van der Waals surface area (Å²) in [7, 11) is -3.32. The van der Waals surface area contributed by atoms with E-state index in [9.17, 15) is 8.42 Å². The Bertz CT molecular complexity index is 421. The molecule has 0 saturated carbocycles. The minimum absolute atomic E-state index is 0.214. The van der Waals surface area contributed by atoms with E-state index < -0.39 is 9.84 Å². The van der Waals surface area contributed by atoms with Gasteiger partial charge in [0.1, 0.15) is 0 Å². The van der Waals surface area contributed by atoms with Gasteiger partial charge in [-0.15, -0.1) is 0 Å². The van der Waals surface area contributed by atoms with Gasteiger partial charge >= 0.3 is 0 Å². The van der Waals surface area contributed by atoms with E-state index in [1.807, 2.05) is 19.9 Å². The van der Waals surface area contributed by atoms with Gasteiger partial charge in [0, 0.05) is 0 Å². The average molecular weight is 228 g/mol. The normalized spacial score (nSPS) is 12.0. The molecule has 1 rings (SSSR count). The lowest BCUT2D eigenvalue weighted by Gasteiger charge is -2.08. The largest absolute Gasteiger partial charge is 0.395 e. The molecule has 1 aromatic carbocycles. The first-order valence-corrected chi connectivity index (χ1v) is 6.56. The Morgan fingerprint density at radius 1 is 1.33 bits per heavy atom. The van der Waals surface area contributed by atoms with Crippen LogP contribution in [-0.4, -0.2) is 25.9 Å². The van der Waals surface area contributed by atoms with Gasteiger partial charge in [0.2, 0.25) is 0 Å². The fourth-order valence-corrected chi connectivity index (χ4v) is 2.38. The van der Waals surface area contributed by atoms with Crippen LogP contribution < -0.4 is 0 Å². The maximum atomic E-state index is 11.6. The van der Waals surface area contributed by atoms with Crippen molar-refractivity contribution in [2.24, 2.45) is 0 Å². The predicted molar refractivity (Wildman–Crippen MR) is 59.7 cm³/mol. The summed E-state index contributed by atoms with van der Waals surface area (Å²) in [5.41, 5.74) is 0.994. The van der Waals surface area contributed by atoms with Crippen LogP contribution in [0.5, 0.6) is 0 Å². The maximum absolute atomic E-state index is 11.6. The number of hydrogen-bond acceptors (Lipinski definition) is 3. The van der Waals surface area contributed by atoms with E-state index in [2.05, 4.69) is 0 Å². The van der Waals surface area contributed by atoms with Crippen molar-refractivity contribution in [1.29, 1.82) is 0 Å². The topological polar surface area (TPSA) is 54.4 Å². The van der Waals surface area contributed by atoms with E-state index in [0.29, 0.717) is 10.8 Å². The number of aliphatic hydroxyl groups excluding tert-OH is 1. The molecule has 1 aromatic rings. The molecule has 0 unspecified atom stereocenters. The summed E-state index contributed by atoms with van der Waals surface area (Å²) in [6.45, 7) is 3.68. The Morgan fingerprint density at radius 3 is 2.53 bits per heavy atom. The molecule has 0 aliphatic rings. The van der Waals surface area contributed by atoms with Crippen LogP contribution in [0.3, 0.4) is 0 Å². The van der Waals surface area contributed by atoms with Crippen molar-refractivity contribution in [2.75, 3.05) is 12.4 Å². The lowest BCUT2D eigenvalue weighted by molar-refractivity contribution is 0.319. The Labute approximate surface area is 90.7 Å². The van der Waals surface area contributed by atoms with Gasteiger partial charge in [-0.3, -0.25) is 0 Å². The molecule has 0 saturated heterocycles. The number of sulfone groups is 1. The van der Waals surface area contributed by atoms with Crippen LogP contribution in [0.1, 0.15) is 25.3 Å². The molecule has 15 heavy (non-hydrogen) atoms. The summed E-state index contributed by atoms with van der Waals surface area (Å²) in [4.78, 5) is 0.294. The van der Waals surface area contributed by atoms with Gasteiger partial charge in [-0.1, -0.05) is 26.0 Å². The highest BCUT2D eigenvalue weighted by atomic mass is 32.2. The Kier molecular flexibility index (Phi) is 3.88. The summed E-state index contributed by atoms with van der Waals surface area (Å²) >= 11 is 0. The van der Waals surface area contributed by atoms with E-state index in [1.165, 1.54) is 0 Å². The summed E-state index contributed by atoms with van der Waals surface area (Å²) in [5, 5.41) is 8.66. The summed E-state index contributed by atoms with van der Waals surface area (Å²) in [6, 6.07) is 6.88. The molecule has 0 aliphatic carbocycles. The van der Waals surface area contributed by atoms with Crippen LogP contribution in [-0.2, 0) is 9.84 Å². The lowest BCUT2D eigenvalue weighted by atomic mass is 10.0. The van der Waals surface area contributed by atoms with Crippen molar-refractivity contribution in [1.82, 2.24) is 0 Å². The summed E-state index contributed by atoms with van der Waals surface area (Å²) < 4.78 is 23.3. The van der Waals surface area contributed by atoms with Gasteiger partial charge in [0.15, 0.2) is 9.84 Å². The average Bonchev–Trinajstić information content (AvgIpc) is 2.18. The molecular formula is C11H16O3S. The molecule has 0 radical (unpaired) electrons. The molecule has 0 fully saturated rings. The van der Waals surface area contributed by atoms with Gasteiger partial charge in [-0.05, 0) is 23.6 Å². The smallest absolute Gasteiger partial charge is 0.180 e. The fraction of sp³-hybridized carbons (Fsp3) is 0.455. The fourth-order valence-electron chi connectivity index (χ4n) is 1.31. The SMILES string of the molecule is CC(C)c1cccc(S(=O)(=O)CCO)c1. The predicted octanol–water partition coefficient (Wildman–Crippen LogP) is 1.58. The first-order valence-electron chi connectivity index (χ1n) is 4.91. The summed E-state index contributed by atoms with van der Waals surface area (Å²) in [6.07, 6.45) is 0. The molecule has 0 aliphatic heterocycles. The lowest BCUT2D eigenvalue weighted by Crippen LogP contribution is -2.10. The molecule has 1 N–H and O–H groups in total. The van der Waals surface area contributed by atoms with Gasteiger partial charge in [0.25, 0.3) is 0 Å². The van der Waals surface area contributed by atoms with Gasteiger partial charge < -0.3 is 5.11 Å². The van der Waals surface area contributed by atoms with Gasteiger partial charge in [-0.25, -0.2) is 8.42 Å². The Hall–Kier alpha value is -0.870. The standard InChI is InChI=1S/C11H16O3S/c1-9(2)10-4-3-5-11(8-10)15(13,14)7-6-12/h3-5,8-9,12H,6-7H2,1-2H3.